The molecule has 34 heavy (non-hydrogen) atoms. The molecule has 1 N–H and O–H groups in total. The number of hydrogen-bond donors (Lipinski definition) is 1. The van der Waals surface area contributed by atoms with Crippen LogP contribution in [0.3, 0.4) is 0 Å². The molecule has 4 aromatic rings. The number of alkyl halides is 6. The second-order valence-corrected chi connectivity index (χ2v) is 7.06. The summed E-state index contributed by atoms with van der Waals surface area (Å²) in [4.78, 5) is 20.4. The van der Waals surface area contributed by atoms with Crippen LogP contribution in [0.25, 0.3) is 17.0 Å². The second-order valence-electron chi connectivity index (χ2n) is 7.06. The fourth-order valence-electron chi connectivity index (χ4n) is 2.97. The number of anilines is 1. The van der Waals surface area contributed by atoms with Crippen molar-refractivity contribution in [2.45, 2.75) is 19.5 Å². The highest BCUT2D eigenvalue weighted by molar-refractivity contribution is 6.01. The van der Waals surface area contributed by atoms with Gasteiger partial charge in [0.1, 0.15) is 5.75 Å². The van der Waals surface area contributed by atoms with E-state index in [9.17, 15) is 31.1 Å². The number of amides is 1. The number of nitrogens with zero attached hydrogens (tertiary/aromatic N) is 4. The number of carbonyl (C=O) groups is 1. The van der Waals surface area contributed by atoms with Crippen molar-refractivity contribution in [2.24, 2.45) is 0 Å². The number of carbonyl (C=O) groups excluding carboxylic acids is 1. The predicted molar refractivity (Wildman–Crippen MR) is 107 cm³/mol. The van der Waals surface area contributed by atoms with Crippen LogP contribution in [0.15, 0.2) is 54.6 Å². The summed E-state index contributed by atoms with van der Waals surface area (Å²) >= 11 is 0. The molecule has 0 bridgehead atoms. The van der Waals surface area contributed by atoms with E-state index in [1.54, 1.807) is 24.3 Å². The van der Waals surface area contributed by atoms with Crippen LogP contribution in [0.1, 0.15) is 21.9 Å². The molecule has 0 aliphatic rings. The van der Waals surface area contributed by atoms with E-state index in [1.807, 2.05) is 6.92 Å². The van der Waals surface area contributed by atoms with Gasteiger partial charge >= 0.3 is 12.5 Å². The number of aryl methyl sites for hydroxylation is 1. The lowest BCUT2D eigenvalue weighted by Gasteiger charge is -2.10. The van der Waals surface area contributed by atoms with Crippen LogP contribution in [-0.2, 0) is 6.18 Å². The Balaban J connectivity index is 1.65. The molecule has 2 aromatic carbocycles. The summed E-state index contributed by atoms with van der Waals surface area (Å²) in [6.45, 7) is 1.82. The number of hydrogen-bond acceptors (Lipinski definition) is 5. The first-order valence-electron chi connectivity index (χ1n) is 9.48. The van der Waals surface area contributed by atoms with Crippen molar-refractivity contribution in [2.75, 3.05) is 5.32 Å². The first kappa shape index (κ1) is 23.0. The maximum atomic E-state index is 13.7. The van der Waals surface area contributed by atoms with E-state index >= 15 is 0 Å². The Morgan fingerprint density at radius 3 is 2.18 bits per heavy atom. The lowest BCUT2D eigenvalue weighted by atomic mass is 10.1. The van der Waals surface area contributed by atoms with Crippen LogP contribution in [-0.4, -0.2) is 31.9 Å². The van der Waals surface area contributed by atoms with E-state index in [0.717, 1.165) is 35.9 Å². The molecule has 0 aliphatic heterocycles. The zero-order valence-corrected chi connectivity index (χ0v) is 17.1. The standard InChI is InChI=1S/C21H13F6N5O2/c1-11-2-4-12(5-3-11)15-10-16(20(22,23)24)32-19(29-15)30-17(31-32)18(33)28-13-6-8-14(9-7-13)34-21(25,26)27/h2-10H,1H3,(H,28,33). The fraction of sp³-hybridized carbons (Fsp3) is 0.143. The average molecular weight is 481 g/mol. The molecule has 0 fully saturated rings. The van der Waals surface area contributed by atoms with E-state index in [2.05, 4.69) is 25.1 Å². The van der Waals surface area contributed by atoms with E-state index in [4.69, 9.17) is 0 Å². The van der Waals surface area contributed by atoms with Gasteiger partial charge in [-0.2, -0.15) is 22.7 Å². The molecule has 1 amide bonds. The Bertz CT molecular complexity index is 1350. The number of fused-ring (bicyclic) bond motifs is 1. The van der Waals surface area contributed by atoms with E-state index in [-0.39, 0.29) is 11.4 Å². The Hall–Kier alpha value is -4.16. The molecule has 176 valence electrons. The van der Waals surface area contributed by atoms with Crippen LogP contribution in [0, 0.1) is 6.92 Å². The molecule has 13 heteroatoms. The van der Waals surface area contributed by atoms with Crippen molar-refractivity contribution in [1.82, 2.24) is 19.6 Å². The van der Waals surface area contributed by atoms with Gasteiger partial charge in [0, 0.05) is 11.3 Å². The van der Waals surface area contributed by atoms with Crippen LogP contribution < -0.4 is 10.1 Å². The molecule has 2 aromatic heterocycles. The van der Waals surface area contributed by atoms with E-state index < -0.39 is 41.5 Å². The van der Waals surface area contributed by atoms with Gasteiger partial charge in [-0.15, -0.1) is 18.3 Å². The van der Waals surface area contributed by atoms with Crippen molar-refractivity contribution in [3.63, 3.8) is 0 Å². The molecule has 2 heterocycles. The SMILES string of the molecule is Cc1ccc(-c2cc(C(F)(F)F)n3nc(C(=O)Nc4ccc(OC(F)(F)F)cc4)nc3n2)cc1. The molecule has 4 rings (SSSR count). The van der Waals surface area contributed by atoms with Crippen molar-refractivity contribution in [1.29, 1.82) is 0 Å². The third kappa shape index (κ3) is 5.08. The van der Waals surface area contributed by atoms with Gasteiger partial charge in [0.2, 0.25) is 5.82 Å². The Kier molecular flexibility index (Phi) is 5.63. The van der Waals surface area contributed by atoms with Gasteiger partial charge in [-0.25, -0.2) is 4.98 Å². The van der Waals surface area contributed by atoms with Crippen molar-refractivity contribution < 1.29 is 35.9 Å². The first-order valence-corrected chi connectivity index (χ1v) is 9.48. The average Bonchev–Trinajstić information content (AvgIpc) is 3.17. The third-order valence-corrected chi connectivity index (χ3v) is 4.50. The highest BCUT2D eigenvalue weighted by Crippen LogP contribution is 2.32. The summed E-state index contributed by atoms with van der Waals surface area (Å²) in [6, 6.07) is 11.6. The predicted octanol–water partition coefficient (Wildman–Crippen LogP) is 5.27. The topological polar surface area (TPSA) is 81.4 Å². The van der Waals surface area contributed by atoms with Gasteiger partial charge in [0.15, 0.2) is 5.69 Å². The molecule has 0 saturated carbocycles. The molecule has 0 unspecified atom stereocenters. The summed E-state index contributed by atoms with van der Waals surface area (Å²) in [7, 11) is 0. The lowest BCUT2D eigenvalue weighted by Crippen LogP contribution is -2.17. The highest BCUT2D eigenvalue weighted by atomic mass is 19.4. The molecule has 0 aliphatic carbocycles. The third-order valence-electron chi connectivity index (χ3n) is 4.50. The van der Waals surface area contributed by atoms with Crippen molar-refractivity contribution in [3.8, 4) is 17.0 Å². The highest BCUT2D eigenvalue weighted by Gasteiger charge is 2.36. The lowest BCUT2D eigenvalue weighted by molar-refractivity contribution is -0.274. The zero-order valence-electron chi connectivity index (χ0n) is 17.1. The fourth-order valence-corrected chi connectivity index (χ4v) is 2.97. The molecule has 0 spiro atoms. The minimum Gasteiger partial charge on any atom is -0.406 e. The van der Waals surface area contributed by atoms with E-state index in [1.165, 1.54) is 0 Å². The molecule has 0 saturated heterocycles. The van der Waals surface area contributed by atoms with Crippen LogP contribution in [0.2, 0.25) is 0 Å². The molecule has 7 nitrogen and oxygen atoms in total. The summed E-state index contributed by atoms with van der Waals surface area (Å²) < 4.78 is 81.9. The smallest absolute Gasteiger partial charge is 0.406 e. The number of nitrogens with one attached hydrogen (secondary N) is 1. The van der Waals surface area contributed by atoms with Crippen molar-refractivity contribution in [3.05, 3.63) is 71.7 Å². The zero-order chi connectivity index (χ0) is 24.7. The normalized spacial score (nSPS) is 12.1. The monoisotopic (exact) mass is 481 g/mol. The van der Waals surface area contributed by atoms with Gasteiger partial charge in [0.05, 0.1) is 5.69 Å². The van der Waals surface area contributed by atoms with E-state index in [0.29, 0.717) is 10.1 Å². The molecule has 0 atom stereocenters. The number of benzene rings is 2. The Morgan fingerprint density at radius 2 is 1.59 bits per heavy atom. The first-order chi connectivity index (χ1) is 15.9. The van der Waals surface area contributed by atoms with Crippen LogP contribution in [0.4, 0.5) is 32.0 Å². The minimum atomic E-state index is -4.88. The summed E-state index contributed by atoms with van der Waals surface area (Å²) in [5.41, 5.74) is 0.157. The van der Waals surface area contributed by atoms with Crippen molar-refractivity contribution >= 4 is 17.4 Å². The number of rotatable bonds is 4. The summed E-state index contributed by atoms with van der Waals surface area (Å²) in [5.74, 6) is -2.57. The van der Waals surface area contributed by atoms with Gasteiger partial charge in [-0.3, -0.25) is 4.79 Å². The van der Waals surface area contributed by atoms with Gasteiger partial charge < -0.3 is 10.1 Å². The largest absolute Gasteiger partial charge is 0.573 e. The minimum absolute atomic E-state index is 0.0144. The summed E-state index contributed by atoms with van der Waals surface area (Å²) in [6.07, 6.45) is -9.71. The Labute approximate surface area is 187 Å². The Morgan fingerprint density at radius 1 is 0.941 bits per heavy atom. The van der Waals surface area contributed by atoms with Gasteiger partial charge in [-0.1, -0.05) is 29.8 Å². The maximum absolute atomic E-state index is 13.7. The van der Waals surface area contributed by atoms with Crippen LogP contribution in [0.5, 0.6) is 5.75 Å². The van der Waals surface area contributed by atoms with Crippen LogP contribution >= 0.6 is 0 Å². The van der Waals surface area contributed by atoms with Gasteiger partial charge in [0.25, 0.3) is 11.7 Å². The number of ether oxygens (including phenoxy) is 1. The quantitative estimate of drug-likeness (QED) is 0.402. The molecular weight excluding hydrogens is 468 g/mol. The number of aromatic nitrogens is 4. The van der Waals surface area contributed by atoms with Gasteiger partial charge in [-0.05, 0) is 37.3 Å². The molecular formula is C21H13F6N5O2. The second kappa shape index (κ2) is 8.32. The summed E-state index contributed by atoms with van der Waals surface area (Å²) in [5, 5.41) is 5.92. The molecule has 0 radical (unpaired) electrons. The number of halogens is 6. The maximum Gasteiger partial charge on any atom is 0.573 e.